The first-order valence-electron chi connectivity index (χ1n) is 12.5. The SMILES string of the molecule is Cc1nc(C)c(C(=O)NNC=C2C(=O)C=Cc3ccccc32)cc1C(=O)NNC=C1C(=O)C=Cc2ccccc21. The number of hydrogen-bond donors (Lipinski definition) is 4. The number of hydrogen-bond acceptors (Lipinski definition) is 7. The predicted molar refractivity (Wildman–Crippen MR) is 152 cm³/mol. The first-order chi connectivity index (χ1) is 19.3. The zero-order chi connectivity index (χ0) is 28.2. The van der Waals surface area contributed by atoms with Gasteiger partial charge in [-0.05, 0) is 54.3 Å². The van der Waals surface area contributed by atoms with Crippen LogP contribution >= 0.6 is 0 Å². The zero-order valence-electron chi connectivity index (χ0n) is 21.7. The number of ketones is 2. The molecule has 1 aromatic heterocycles. The molecule has 0 saturated heterocycles. The van der Waals surface area contributed by atoms with Gasteiger partial charge in [-0.3, -0.25) is 35.0 Å². The Kier molecular flexibility index (Phi) is 7.19. The van der Waals surface area contributed by atoms with Crippen molar-refractivity contribution in [1.29, 1.82) is 0 Å². The fourth-order valence-electron chi connectivity index (χ4n) is 4.52. The number of amides is 2. The largest absolute Gasteiger partial charge is 0.305 e. The molecule has 0 saturated carbocycles. The number of carbonyl (C=O) groups is 4. The highest BCUT2D eigenvalue weighted by atomic mass is 16.2. The van der Waals surface area contributed by atoms with Crippen molar-refractivity contribution >= 4 is 46.7 Å². The maximum atomic E-state index is 13.0. The Morgan fingerprint density at radius 3 is 1.52 bits per heavy atom. The van der Waals surface area contributed by atoms with Crippen LogP contribution in [0.1, 0.15) is 54.4 Å². The summed E-state index contributed by atoms with van der Waals surface area (Å²) in [7, 11) is 0. The van der Waals surface area contributed by atoms with Gasteiger partial charge in [-0.25, -0.2) is 0 Å². The molecule has 1 heterocycles. The quantitative estimate of drug-likeness (QED) is 0.283. The van der Waals surface area contributed by atoms with E-state index in [1.807, 2.05) is 48.5 Å². The molecule has 0 spiro atoms. The average molecular weight is 532 g/mol. The van der Waals surface area contributed by atoms with Crippen LogP contribution in [-0.4, -0.2) is 28.4 Å². The lowest BCUT2D eigenvalue weighted by atomic mass is 9.92. The van der Waals surface area contributed by atoms with Gasteiger partial charge in [-0.1, -0.05) is 60.7 Å². The second-order valence-corrected chi connectivity index (χ2v) is 9.14. The molecule has 2 amide bonds. The zero-order valence-corrected chi connectivity index (χ0v) is 21.7. The van der Waals surface area contributed by atoms with Crippen LogP contribution in [0.3, 0.4) is 0 Å². The summed E-state index contributed by atoms with van der Waals surface area (Å²) < 4.78 is 0. The van der Waals surface area contributed by atoms with Crippen molar-refractivity contribution < 1.29 is 19.2 Å². The van der Waals surface area contributed by atoms with Gasteiger partial charge >= 0.3 is 0 Å². The van der Waals surface area contributed by atoms with E-state index >= 15 is 0 Å². The highest BCUT2D eigenvalue weighted by molar-refractivity contribution is 6.30. The van der Waals surface area contributed by atoms with Crippen LogP contribution in [0, 0.1) is 13.8 Å². The minimum absolute atomic E-state index is 0.178. The van der Waals surface area contributed by atoms with Crippen LogP contribution in [0.25, 0.3) is 23.3 Å². The van der Waals surface area contributed by atoms with Gasteiger partial charge in [0, 0.05) is 23.5 Å². The maximum Gasteiger partial charge on any atom is 0.271 e. The Morgan fingerprint density at radius 2 is 1.07 bits per heavy atom. The number of allylic oxidation sites excluding steroid dienone is 4. The fraction of sp³-hybridized carbons (Fsp3) is 0.0645. The number of carbonyl (C=O) groups excluding carboxylic acids is 4. The third-order valence-electron chi connectivity index (χ3n) is 6.56. The van der Waals surface area contributed by atoms with Crippen molar-refractivity contribution in [2.45, 2.75) is 13.8 Å². The molecular formula is C31H25N5O4. The lowest BCUT2D eigenvalue weighted by Crippen LogP contribution is -2.37. The molecule has 0 fully saturated rings. The standard InChI is InChI=1S/C31H25N5O4/c1-18-24(30(39)35-32-16-26-22-9-5-3-7-20(22)11-13-28(26)37)15-25(19(2)34-18)31(40)36-33-17-27-23-10-6-4-8-21(23)12-14-29(27)38/h3-17,32-33H,1-2H3,(H,35,39)(H,36,40). The average Bonchev–Trinajstić information content (AvgIpc) is 2.95. The van der Waals surface area contributed by atoms with E-state index in [1.54, 1.807) is 26.0 Å². The fourth-order valence-corrected chi connectivity index (χ4v) is 4.52. The molecule has 3 aromatic rings. The van der Waals surface area contributed by atoms with Gasteiger partial charge in [0.15, 0.2) is 11.6 Å². The van der Waals surface area contributed by atoms with Crippen LogP contribution in [0.5, 0.6) is 0 Å². The third-order valence-corrected chi connectivity index (χ3v) is 6.56. The summed E-state index contributed by atoms with van der Waals surface area (Å²) in [5.74, 6) is -1.45. The molecule has 9 heteroatoms. The van der Waals surface area contributed by atoms with Crippen molar-refractivity contribution in [3.8, 4) is 0 Å². The van der Waals surface area contributed by atoms with Crippen molar-refractivity contribution in [1.82, 2.24) is 26.7 Å². The summed E-state index contributed by atoms with van der Waals surface area (Å²) in [6, 6.07) is 16.3. The minimum Gasteiger partial charge on any atom is -0.305 e. The Bertz CT molecular complexity index is 1580. The number of fused-ring (bicyclic) bond motifs is 2. The maximum absolute atomic E-state index is 13.0. The van der Waals surface area contributed by atoms with E-state index in [0.29, 0.717) is 22.5 Å². The van der Waals surface area contributed by atoms with Crippen LogP contribution < -0.4 is 21.7 Å². The Hall–Kier alpha value is -5.57. The summed E-state index contributed by atoms with van der Waals surface area (Å²) in [5, 5.41) is 0. The van der Waals surface area contributed by atoms with Crippen molar-refractivity contribution in [2.75, 3.05) is 0 Å². The van der Waals surface area contributed by atoms with Crippen LogP contribution in [-0.2, 0) is 9.59 Å². The Morgan fingerprint density at radius 1 is 0.650 bits per heavy atom. The molecule has 2 aromatic carbocycles. The monoisotopic (exact) mass is 531 g/mol. The molecule has 0 atom stereocenters. The molecule has 40 heavy (non-hydrogen) atoms. The number of benzene rings is 2. The summed E-state index contributed by atoms with van der Waals surface area (Å²) in [5.41, 5.74) is 15.8. The number of pyridine rings is 1. The highest BCUT2D eigenvalue weighted by Gasteiger charge is 2.20. The normalized spacial score (nSPS) is 15.4. The van der Waals surface area contributed by atoms with E-state index < -0.39 is 11.8 Å². The summed E-state index contributed by atoms with van der Waals surface area (Å²) in [6.45, 7) is 3.33. The summed E-state index contributed by atoms with van der Waals surface area (Å²) in [6.07, 6.45) is 9.31. The molecule has 0 unspecified atom stereocenters. The Labute approximate surface area is 230 Å². The molecule has 4 N–H and O–H groups in total. The lowest BCUT2D eigenvalue weighted by molar-refractivity contribution is -0.110. The predicted octanol–water partition coefficient (Wildman–Crippen LogP) is 3.44. The topological polar surface area (TPSA) is 129 Å². The first kappa shape index (κ1) is 26.1. The van der Waals surface area contributed by atoms with Gasteiger partial charge in [0.1, 0.15) is 0 Å². The van der Waals surface area contributed by atoms with Crippen molar-refractivity contribution in [2.24, 2.45) is 0 Å². The minimum atomic E-state index is -0.533. The number of rotatable bonds is 6. The van der Waals surface area contributed by atoms with E-state index in [0.717, 1.165) is 22.3 Å². The van der Waals surface area contributed by atoms with Gasteiger partial charge in [0.25, 0.3) is 11.8 Å². The highest BCUT2D eigenvalue weighted by Crippen LogP contribution is 2.26. The summed E-state index contributed by atoms with van der Waals surface area (Å²) >= 11 is 0. The third kappa shape index (κ3) is 5.21. The smallest absolute Gasteiger partial charge is 0.271 e. The number of nitrogens with zero attached hydrogens (tertiary/aromatic N) is 1. The van der Waals surface area contributed by atoms with Gasteiger partial charge in [-0.2, -0.15) is 0 Å². The molecule has 2 aliphatic rings. The van der Waals surface area contributed by atoms with Crippen LogP contribution in [0.4, 0.5) is 0 Å². The van der Waals surface area contributed by atoms with Crippen LogP contribution in [0.2, 0.25) is 0 Å². The summed E-state index contributed by atoms with van der Waals surface area (Å²) in [4.78, 5) is 55.0. The lowest BCUT2D eigenvalue weighted by Gasteiger charge is -2.15. The number of aryl methyl sites for hydroxylation is 2. The number of hydrazine groups is 2. The number of nitrogens with one attached hydrogen (secondary N) is 4. The van der Waals surface area contributed by atoms with Gasteiger partial charge in [0.2, 0.25) is 0 Å². The molecule has 0 aliphatic heterocycles. The molecule has 9 nitrogen and oxygen atoms in total. The molecule has 198 valence electrons. The van der Waals surface area contributed by atoms with E-state index in [9.17, 15) is 19.2 Å². The van der Waals surface area contributed by atoms with E-state index in [4.69, 9.17) is 0 Å². The Balaban J connectivity index is 1.28. The molecule has 5 rings (SSSR count). The molecular weight excluding hydrogens is 506 g/mol. The van der Waals surface area contributed by atoms with Gasteiger partial charge < -0.3 is 10.9 Å². The van der Waals surface area contributed by atoms with E-state index in [2.05, 4.69) is 26.7 Å². The van der Waals surface area contributed by atoms with Gasteiger partial charge in [0.05, 0.1) is 22.5 Å². The van der Waals surface area contributed by atoms with E-state index in [1.165, 1.54) is 30.6 Å². The second-order valence-electron chi connectivity index (χ2n) is 9.14. The van der Waals surface area contributed by atoms with Crippen molar-refractivity contribution in [3.63, 3.8) is 0 Å². The molecule has 0 radical (unpaired) electrons. The van der Waals surface area contributed by atoms with Gasteiger partial charge in [-0.15, -0.1) is 0 Å². The first-order valence-corrected chi connectivity index (χ1v) is 12.5. The van der Waals surface area contributed by atoms with Crippen molar-refractivity contribution in [3.05, 3.63) is 124 Å². The second kappa shape index (κ2) is 11.0. The molecule has 0 bridgehead atoms. The van der Waals surface area contributed by atoms with Crippen LogP contribution in [0.15, 0.2) is 79.1 Å². The number of aromatic nitrogens is 1. The molecule has 2 aliphatic carbocycles. The van der Waals surface area contributed by atoms with E-state index in [-0.39, 0.29) is 22.7 Å².